The molecule has 0 aliphatic heterocycles. The topological polar surface area (TPSA) is 41.9 Å². The van der Waals surface area contributed by atoms with Crippen molar-refractivity contribution in [3.8, 4) is 0 Å². The lowest BCUT2D eigenvalue weighted by Crippen LogP contribution is -2.19. The smallest absolute Gasteiger partial charge is 0.116 e. The Morgan fingerprint density at radius 2 is 2.00 bits per heavy atom. The van der Waals surface area contributed by atoms with E-state index in [0.717, 1.165) is 5.69 Å². The van der Waals surface area contributed by atoms with Crippen LogP contribution >= 0.6 is 0 Å². The summed E-state index contributed by atoms with van der Waals surface area (Å²) >= 11 is 0. The van der Waals surface area contributed by atoms with E-state index in [1.807, 2.05) is 36.5 Å². The molecular formula is C9H10N4. The van der Waals surface area contributed by atoms with Crippen LogP contribution in [0.5, 0.6) is 0 Å². The number of hydrogen-bond acceptors (Lipinski definition) is 3. The number of imidazole rings is 1. The molecule has 0 amide bonds. The van der Waals surface area contributed by atoms with Crippen LogP contribution in [0.4, 0.5) is 5.69 Å². The molecule has 0 aliphatic carbocycles. The van der Waals surface area contributed by atoms with Crippen LogP contribution in [0.2, 0.25) is 0 Å². The predicted octanol–water partition coefficient (Wildman–Crippen LogP) is 1.45. The number of benzene rings is 1. The average Bonchev–Trinajstić information content (AvgIpc) is 2.69. The van der Waals surface area contributed by atoms with Crippen molar-refractivity contribution in [3.05, 3.63) is 49.1 Å². The van der Waals surface area contributed by atoms with Crippen LogP contribution in [0.25, 0.3) is 0 Å². The fourth-order valence-corrected chi connectivity index (χ4v) is 0.976. The number of rotatable bonds is 3. The molecule has 0 spiro atoms. The predicted molar refractivity (Wildman–Crippen MR) is 51.7 cm³/mol. The third kappa shape index (κ3) is 1.99. The normalized spacial score (nSPS) is 9.54. The van der Waals surface area contributed by atoms with Gasteiger partial charge in [-0.3, -0.25) is 5.43 Å². The zero-order chi connectivity index (χ0) is 8.93. The van der Waals surface area contributed by atoms with Crippen LogP contribution in [0.15, 0.2) is 49.1 Å². The van der Waals surface area contributed by atoms with Gasteiger partial charge < -0.3 is 0 Å². The van der Waals surface area contributed by atoms with Crippen molar-refractivity contribution in [2.24, 2.45) is 0 Å². The van der Waals surface area contributed by atoms with Gasteiger partial charge in [-0.2, -0.15) is 0 Å². The molecule has 1 heterocycles. The number of hydrogen-bond donors (Lipinski definition) is 2. The fraction of sp³-hybridized carbons (Fsp3) is 0. The highest BCUT2D eigenvalue weighted by Crippen LogP contribution is 2.02. The molecular weight excluding hydrogens is 164 g/mol. The Morgan fingerprint density at radius 3 is 2.69 bits per heavy atom. The maximum absolute atomic E-state index is 3.89. The molecule has 4 nitrogen and oxygen atoms in total. The summed E-state index contributed by atoms with van der Waals surface area (Å²) < 4.78 is 1.73. The van der Waals surface area contributed by atoms with Crippen molar-refractivity contribution in [1.82, 2.24) is 9.66 Å². The molecule has 0 atom stereocenters. The van der Waals surface area contributed by atoms with E-state index >= 15 is 0 Å². The molecule has 1 aromatic carbocycles. The summed E-state index contributed by atoms with van der Waals surface area (Å²) in [5.74, 6) is 0. The molecule has 2 rings (SSSR count). The maximum atomic E-state index is 3.89. The molecule has 0 fully saturated rings. The second-order valence-corrected chi connectivity index (χ2v) is 2.57. The minimum atomic E-state index is 1.01. The minimum Gasteiger partial charge on any atom is -0.286 e. The minimum absolute atomic E-state index is 1.01. The molecule has 0 saturated heterocycles. The monoisotopic (exact) mass is 174 g/mol. The van der Waals surface area contributed by atoms with E-state index in [0.29, 0.717) is 0 Å². The van der Waals surface area contributed by atoms with Gasteiger partial charge in [0.15, 0.2) is 0 Å². The number of nitrogens with zero attached hydrogens (tertiary/aromatic N) is 2. The first-order chi connectivity index (χ1) is 6.45. The van der Waals surface area contributed by atoms with Crippen molar-refractivity contribution in [2.45, 2.75) is 0 Å². The quantitative estimate of drug-likeness (QED) is 0.692. The second-order valence-electron chi connectivity index (χ2n) is 2.57. The largest absolute Gasteiger partial charge is 0.286 e. The van der Waals surface area contributed by atoms with Crippen LogP contribution in [0.1, 0.15) is 0 Å². The van der Waals surface area contributed by atoms with Crippen LogP contribution in [0, 0.1) is 0 Å². The summed E-state index contributed by atoms with van der Waals surface area (Å²) in [6.45, 7) is 0. The zero-order valence-corrected chi connectivity index (χ0v) is 7.01. The Labute approximate surface area is 76.2 Å². The molecule has 0 radical (unpaired) electrons. The van der Waals surface area contributed by atoms with Gasteiger partial charge in [0.05, 0.1) is 5.69 Å². The van der Waals surface area contributed by atoms with Gasteiger partial charge in [-0.05, 0) is 12.1 Å². The highest BCUT2D eigenvalue weighted by atomic mass is 15.6. The first-order valence-corrected chi connectivity index (χ1v) is 4.00. The van der Waals surface area contributed by atoms with Crippen LogP contribution in [-0.4, -0.2) is 9.66 Å². The number of anilines is 1. The summed E-state index contributed by atoms with van der Waals surface area (Å²) in [6, 6.07) is 9.87. The summed E-state index contributed by atoms with van der Waals surface area (Å²) in [5.41, 5.74) is 6.98. The van der Waals surface area contributed by atoms with Gasteiger partial charge in [0.1, 0.15) is 6.33 Å². The van der Waals surface area contributed by atoms with Crippen molar-refractivity contribution >= 4 is 5.69 Å². The molecule has 0 saturated carbocycles. The highest BCUT2D eigenvalue weighted by molar-refractivity contribution is 5.42. The lowest BCUT2D eigenvalue weighted by atomic mass is 10.3. The number of para-hydroxylation sites is 1. The number of hydrazine groups is 1. The van der Waals surface area contributed by atoms with E-state index < -0.39 is 0 Å². The van der Waals surface area contributed by atoms with Gasteiger partial charge in [0.25, 0.3) is 0 Å². The molecule has 2 N–H and O–H groups in total. The average molecular weight is 174 g/mol. The Morgan fingerprint density at radius 1 is 1.15 bits per heavy atom. The van der Waals surface area contributed by atoms with E-state index in [4.69, 9.17) is 0 Å². The van der Waals surface area contributed by atoms with Crippen LogP contribution in [0.3, 0.4) is 0 Å². The second kappa shape index (κ2) is 3.62. The van der Waals surface area contributed by atoms with Crippen LogP contribution < -0.4 is 11.0 Å². The summed E-state index contributed by atoms with van der Waals surface area (Å²) in [5, 5.41) is 0. The van der Waals surface area contributed by atoms with E-state index in [-0.39, 0.29) is 0 Å². The van der Waals surface area contributed by atoms with E-state index in [2.05, 4.69) is 15.9 Å². The van der Waals surface area contributed by atoms with Crippen LogP contribution in [-0.2, 0) is 0 Å². The fourth-order valence-electron chi connectivity index (χ4n) is 0.976. The third-order valence-electron chi connectivity index (χ3n) is 1.61. The Hall–Kier alpha value is -1.97. The summed E-state index contributed by atoms with van der Waals surface area (Å²) in [4.78, 5) is 3.89. The van der Waals surface area contributed by atoms with Crippen molar-refractivity contribution in [1.29, 1.82) is 0 Å². The highest BCUT2D eigenvalue weighted by Gasteiger charge is 1.87. The number of nitrogens with one attached hydrogen (secondary N) is 2. The third-order valence-corrected chi connectivity index (χ3v) is 1.61. The lowest BCUT2D eigenvalue weighted by molar-refractivity contribution is 0.913. The standard InChI is InChI=1S/C9H10N4/c1-2-4-9(5-3-1)11-12-13-7-6-10-8-13/h1-8,11-12H. The van der Waals surface area contributed by atoms with E-state index in [9.17, 15) is 0 Å². The van der Waals surface area contributed by atoms with Gasteiger partial charge in [0, 0.05) is 12.4 Å². The SMILES string of the molecule is c1ccc(NNn2ccnc2)cc1. The first-order valence-electron chi connectivity index (χ1n) is 4.00. The zero-order valence-electron chi connectivity index (χ0n) is 7.01. The van der Waals surface area contributed by atoms with E-state index in [1.54, 1.807) is 17.2 Å². The molecule has 13 heavy (non-hydrogen) atoms. The molecule has 0 unspecified atom stereocenters. The Bertz CT molecular complexity index is 341. The lowest BCUT2D eigenvalue weighted by Gasteiger charge is -2.08. The summed E-state index contributed by atoms with van der Waals surface area (Å²) in [6.07, 6.45) is 5.20. The van der Waals surface area contributed by atoms with Crippen molar-refractivity contribution in [3.63, 3.8) is 0 Å². The van der Waals surface area contributed by atoms with Gasteiger partial charge in [-0.15, -0.1) is 0 Å². The Kier molecular flexibility index (Phi) is 2.14. The van der Waals surface area contributed by atoms with Crippen molar-refractivity contribution < 1.29 is 0 Å². The molecule has 1 aromatic heterocycles. The molecule has 4 heteroatoms. The Balaban J connectivity index is 1.94. The molecule has 66 valence electrons. The summed E-state index contributed by atoms with van der Waals surface area (Å²) in [7, 11) is 0. The maximum Gasteiger partial charge on any atom is 0.116 e. The molecule has 0 bridgehead atoms. The van der Waals surface area contributed by atoms with Gasteiger partial charge >= 0.3 is 0 Å². The van der Waals surface area contributed by atoms with Gasteiger partial charge in [0.2, 0.25) is 0 Å². The van der Waals surface area contributed by atoms with Gasteiger partial charge in [-0.1, -0.05) is 18.2 Å². The van der Waals surface area contributed by atoms with Crippen molar-refractivity contribution in [2.75, 3.05) is 11.0 Å². The first kappa shape index (κ1) is 7.67. The number of aromatic nitrogens is 2. The van der Waals surface area contributed by atoms with Gasteiger partial charge in [-0.25, -0.2) is 15.2 Å². The molecule has 0 aliphatic rings. The molecule has 2 aromatic rings. The van der Waals surface area contributed by atoms with E-state index in [1.165, 1.54) is 0 Å².